The number of hydrogen-bond donors (Lipinski definition) is 1. The molecule has 0 amide bonds. The first-order valence-electron chi connectivity index (χ1n) is 12.5. The minimum Gasteiger partial charge on any atom is -0.746 e. The van der Waals surface area contributed by atoms with E-state index in [9.17, 15) is 18.1 Å². The largest absolute Gasteiger partial charge is 1.00 e. The van der Waals surface area contributed by atoms with Crippen LogP contribution in [0.5, 0.6) is 0 Å². The van der Waals surface area contributed by atoms with Gasteiger partial charge in [0, 0.05) is 0 Å². The molecule has 30 heavy (non-hydrogen) atoms. The van der Waals surface area contributed by atoms with Crippen LogP contribution in [0.2, 0.25) is 0 Å². The van der Waals surface area contributed by atoms with E-state index in [2.05, 4.69) is 13.8 Å². The Kier molecular flexibility index (Phi) is 25.0. The maximum absolute atomic E-state index is 11.6. The van der Waals surface area contributed by atoms with Crippen molar-refractivity contribution in [1.29, 1.82) is 0 Å². The van der Waals surface area contributed by atoms with Gasteiger partial charge < -0.3 is 9.66 Å². The van der Waals surface area contributed by atoms with Gasteiger partial charge in [0.15, 0.2) is 4.93 Å². The summed E-state index contributed by atoms with van der Waals surface area (Å²) in [7, 11) is -4.68. The van der Waals surface area contributed by atoms with Crippen molar-refractivity contribution in [3.63, 3.8) is 0 Å². The molecule has 0 fully saturated rings. The van der Waals surface area contributed by atoms with Crippen LogP contribution in [0.4, 0.5) is 0 Å². The first-order chi connectivity index (χ1) is 13.9. The molecule has 0 bridgehead atoms. The van der Waals surface area contributed by atoms with Gasteiger partial charge in [-0.2, -0.15) is 0 Å². The third-order valence-electron chi connectivity index (χ3n) is 6.06. The number of rotatable bonds is 22. The second-order valence-corrected chi connectivity index (χ2v) is 10.6. The average Bonchev–Trinajstić information content (AvgIpc) is 2.67. The zero-order valence-electron chi connectivity index (χ0n) is 20.4. The molecule has 1 unspecified atom stereocenters. The predicted molar refractivity (Wildman–Crippen MR) is 123 cm³/mol. The summed E-state index contributed by atoms with van der Waals surface area (Å²) < 4.78 is 34.8. The van der Waals surface area contributed by atoms with Crippen LogP contribution in [0.25, 0.3) is 0 Å². The average molecular weight is 473 g/mol. The van der Waals surface area contributed by atoms with Crippen LogP contribution in [0.1, 0.15) is 149 Å². The van der Waals surface area contributed by atoms with Crippen molar-refractivity contribution in [2.75, 3.05) is 0 Å². The van der Waals surface area contributed by atoms with Crippen molar-refractivity contribution in [3.8, 4) is 0 Å². The first-order valence-corrected chi connectivity index (χ1v) is 14.0. The molecule has 4 nitrogen and oxygen atoms in total. The maximum atomic E-state index is 11.6. The molecule has 6 heteroatoms. The van der Waals surface area contributed by atoms with Crippen LogP contribution in [0.15, 0.2) is 0 Å². The molecular weight excluding hydrogens is 423 g/mol. The second-order valence-electron chi connectivity index (χ2n) is 8.91. The van der Waals surface area contributed by atoms with E-state index in [4.69, 9.17) is 0 Å². The van der Waals surface area contributed by atoms with E-state index >= 15 is 0 Å². The number of unbranched alkanes of at least 4 members (excludes halogenated alkanes) is 17. The Bertz CT molecular complexity index is 456. The molecule has 1 N–H and O–H groups in total. The van der Waals surface area contributed by atoms with Crippen molar-refractivity contribution in [2.45, 2.75) is 154 Å². The molecule has 0 aromatic heterocycles. The Labute approximate surface area is 230 Å². The summed E-state index contributed by atoms with van der Waals surface area (Å²) in [6.45, 7) is 4.43. The molecule has 0 radical (unpaired) electrons. The summed E-state index contributed by atoms with van der Waals surface area (Å²) in [5.74, 6) is 0. The Morgan fingerprint density at radius 3 is 1.03 bits per heavy atom. The summed E-state index contributed by atoms with van der Waals surface area (Å²) >= 11 is 0. The van der Waals surface area contributed by atoms with Crippen LogP contribution in [0, 0.1) is 0 Å². The van der Waals surface area contributed by atoms with Crippen molar-refractivity contribution in [2.24, 2.45) is 0 Å². The van der Waals surface area contributed by atoms with Crippen LogP contribution < -0.4 is 51.4 Å². The Morgan fingerprint density at radius 1 is 0.567 bits per heavy atom. The van der Waals surface area contributed by atoms with Crippen molar-refractivity contribution < 1.29 is 69.5 Å². The monoisotopic (exact) mass is 472 g/mol. The minimum absolute atomic E-state index is 0. The number of hydrogen-bond acceptors (Lipinski definition) is 4. The molecule has 1 atom stereocenters. The third kappa shape index (κ3) is 19.0. The van der Waals surface area contributed by atoms with E-state index in [1.807, 2.05) is 0 Å². The van der Waals surface area contributed by atoms with E-state index in [0.29, 0.717) is 12.8 Å². The fraction of sp³-hybridized carbons (Fsp3) is 1.00. The van der Waals surface area contributed by atoms with Gasteiger partial charge in [-0.25, -0.2) is 8.42 Å². The van der Waals surface area contributed by atoms with E-state index in [1.54, 1.807) is 0 Å². The molecule has 0 aliphatic heterocycles. The molecule has 0 aliphatic rings. The SMILES string of the molecule is CCCCCCCCCCCCC(O)(CCCCCCCCCCC)S(=O)(=O)[O-].[K+]. The van der Waals surface area contributed by atoms with Gasteiger partial charge in [-0.3, -0.25) is 0 Å². The van der Waals surface area contributed by atoms with Gasteiger partial charge >= 0.3 is 51.4 Å². The van der Waals surface area contributed by atoms with Crippen LogP contribution in [0.3, 0.4) is 0 Å². The fourth-order valence-electron chi connectivity index (χ4n) is 3.98. The van der Waals surface area contributed by atoms with Crippen molar-refractivity contribution in [3.05, 3.63) is 0 Å². The van der Waals surface area contributed by atoms with Gasteiger partial charge in [0.1, 0.15) is 10.1 Å². The molecule has 0 rings (SSSR count). The second kappa shape index (κ2) is 22.3. The van der Waals surface area contributed by atoms with Gasteiger partial charge in [0.05, 0.1) is 0 Å². The Morgan fingerprint density at radius 2 is 0.800 bits per heavy atom. The minimum atomic E-state index is -4.68. The third-order valence-corrected chi connectivity index (χ3v) is 7.40. The van der Waals surface area contributed by atoms with E-state index < -0.39 is 15.1 Å². The van der Waals surface area contributed by atoms with E-state index in [-0.39, 0.29) is 64.2 Å². The molecule has 0 aromatic carbocycles. The normalized spacial score (nSPS) is 13.7. The quantitative estimate of drug-likeness (QED) is 0.143. The number of aliphatic hydroxyl groups is 1. The molecule has 0 aromatic rings. The van der Waals surface area contributed by atoms with Gasteiger partial charge in [-0.1, -0.05) is 123 Å². The summed E-state index contributed by atoms with van der Waals surface area (Å²) in [5, 5.41) is 10.5. The zero-order valence-corrected chi connectivity index (χ0v) is 24.4. The van der Waals surface area contributed by atoms with Crippen molar-refractivity contribution >= 4 is 10.1 Å². The maximum Gasteiger partial charge on any atom is 1.00 e. The molecule has 0 heterocycles. The van der Waals surface area contributed by atoms with Crippen LogP contribution in [-0.2, 0) is 10.1 Å². The summed E-state index contributed by atoms with van der Waals surface area (Å²) in [6.07, 6.45) is 21.7. The van der Waals surface area contributed by atoms with Crippen LogP contribution in [-0.4, -0.2) is 23.0 Å². The zero-order chi connectivity index (χ0) is 21.8. The van der Waals surface area contributed by atoms with Crippen LogP contribution >= 0.6 is 0 Å². The Hall–Kier alpha value is 1.51. The fourth-order valence-corrected chi connectivity index (χ4v) is 4.76. The molecule has 0 spiro atoms. The predicted octanol–water partition coefficient (Wildman–Crippen LogP) is 4.46. The molecular formula is C24H49KO4S. The van der Waals surface area contributed by atoms with Gasteiger partial charge in [-0.05, 0) is 25.7 Å². The van der Waals surface area contributed by atoms with E-state index in [0.717, 1.165) is 38.5 Å². The smallest absolute Gasteiger partial charge is 0.746 e. The topological polar surface area (TPSA) is 77.4 Å². The molecule has 0 saturated heterocycles. The molecule has 0 saturated carbocycles. The standard InChI is InChI=1S/C24H50O4S.K/c1-3-5-7-9-11-13-15-17-19-21-23-24(25,29(26,27)28)22-20-18-16-14-12-10-8-6-4-2;/h25H,3-23H2,1-2H3,(H,26,27,28);/q;+1/p-1. The summed E-state index contributed by atoms with van der Waals surface area (Å²) in [4.78, 5) is -2.06. The first kappa shape index (κ1) is 33.7. The summed E-state index contributed by atoms with van der Waals surface area (Å²) in [6, 6.07) is 0. The van der Waals surface area contributed by atoms with E-state index in [1.165, 1.54) is 70.6 Å². The molecule has 0 aliphatic carbocycles. The van der Waals surface area contributed by atoms with Crippen molar-refractivity contribution in [1.82, 2.24) is 0 Å². The Balaban J connectivity index is 0. The van der Waals surface area contributed by atoms with Gasteiger partial charge in [0.2, 0.25) is 0 Å². The van der Waals surface area contributed by atoms with Gasteiger partial charge in [0.25, 0.3) is 0 Å². The molecule has 176 valence electrons. The summed E-state index contributed by atoms with van der Waals surface area (Å²) in [5.41, 5.74) is 0. The van der Waals surface area contributed by atoms with Gasteiger partial charge in [-0.15, -0.1) is 0 Å².